The molecule has 0 saturated carbocycles. The van der Waals surface area contributed by atoms with E-state index in [1.54, 1.807) is 14.2 Å². The van der Waals surface area contributed by atoms with E-state index in [1.807, 2.05) is 49.8 Å². The van der Waals surface area contributed by atoms with Crippen molar-refractivity contribution in [2.45, 2.75) is 6.04 Å². The first-order valence-electron chi connectivity index (χ1n) is 8.64. The molecule has 1 atom stereocenters. The summed E-state index contributed by atoms with van der Waals surface area (Å²) in [5, 5.41) is 14.6. The van der Waals surface area contributed by atoms with Crippen LogP contribution in [0.15, 0.2) is 40.1 Å². The van der Waals surface area contributed by atoms with Gasteiger partial charge in [-0.25, -0.2) is 0 Å². The molecular formula is C20H22N4O3S. The number of benzene rings is 1. The molecular weight excluding hydrogens is 376 g/mol. The number of hydrogen-bond donors (Lipinski definition) is 1. The standard InChI is InChI=1S/C20H22N4O3S/c1-24(2)15(13-7-8-16(25-3)17(10-13)26-4)12-22-19-14(11-21)23-20(27-19)18-6-5-9-28-18/h5-10,15,22H,12H2,1-4H3. The number of nitrogens with one attached hydrogen (secondary N) is 1. The summed E-state index contributed by atoms with van der Waals surface area (Å²) in [6, 6.07) is 11.8. The van der Waals surface area contributed by atoms with Gasteiger partial charge in [-0.2, -0.15) is 10.2 Å². The summed E-state index contributed by atoms with van der Waals surface area (Å²) < 4.78 is 16.5. The molecule has 1 N–H and O–H groups in total. The lowest BCUT2D eigenvalue weighted by atomic mass is 10.1. The maximum atomic E-state index is 9.40. The van der Waals surface area contributed by atoms with Gasteiger partial charge in [0.2, 0.25) is 17.5 Å². The smallest absolute Gasteiger partial charge is 0.240 e. The van der Waals surface area contributed by atoms with Gasteiger partial charge in [0.1, 0.15) is 6.07 Å². The highest BCUT2D eigenvalue weighted by atomic mass is 32.1. The van der Waals surface area contributed by atoms with Gasteiger partial charge >= 0.3 is 0 Å². The number of hydrogen-bond acceptors (Lipinski definition) is 8. The van der Waals surface area contributed by atoms with Crippen molar-refractivity contribution in [3.05, 3.63) is 47.0 Å². The third-order valence-electron chi connectivity index (χ3n) is 4.34. The number of ether oxygens (including phenoxy) is 2. The molecule has 0 radical (unpaired) electrons. The molecule has 1 unspecified atom stereocenters. The molecule has 146 valence electrons. The Morgan fingerprint density at radius 3 is 2.64 bits per heavy atom. The quantitative estimate of drug-likeness (QED) is 0.614. The fourth-order valence-electron chi connectivity index (χ4n) is 2.87. The average Bonchev–Trinajstić information content (AvgIpc) is 3.37. The largest absolute Gasteiger partial charge is 0.493 e. The fourth-order valence-corrected chi connectivity index (χ4v) is 3.52. The van der Waals surface area contributed by atoms with Gasteiger partial charge in [-0.3, -0.25) is 0 Å². The molecule has 0 aliphatic heterocycles. The Morgan fingerprint density at radius 1 is 1.25 bits per heavy atom. The van der Waals surface area contributed by atoms with Crippen LogP contribution in [-0.2, 0) is 0 Å². The van der Waals surface area contributed by atoms with E-state index in [1.165, 1.54) is 11.3 Å². The summed E-state index contributed by atoms with van der Waals surface area (Å²) in [7, 11) is 7.21. The summed E-state index contributed by atoms with van der Waals surface area (Å²) in [4.78, 5) is 7.25. The summed E-state index contributed by atoms with van der Waals surface area (Å²) in [5.74, 6) is 2.17. The molecule has 3 rings (SSSR count). The highest BCUT2D eigenvalue weighted by Crippen LogP contribution is 2.32. The number of nitriles is 1. The zero-order valence-electron chi connectivity index (χ0n) is 16.2. The van der Waals surface area contributed by atoms with Gasteiger partial charge in [0.25, 0.3) is 0 Å². The molecule has 0 aliphatic carbocycles. The molecule has 0 aliphatic rings. The minimum Gasteiger partial charge on any atom is -0.493 e. The Morgan fingerprint density at radius 2 is 2.04 bits per heavy atom. The number of aromatic nitrogens is 1. The maximum absolute atomic E-state index is 9.40. The van der Waals surface area contributed by atoms with Gasteiger partial charge in [0.05, 0.1) is 25.1 Å². The van der Waals surface area contributed by atoms with Gasteiger partial charge in [-0.15, -0.1) is 11.3 Å². The second kappa shape index (κ2) is 8.78. The molecule has 1 aromatic carbocycles. The van der Waals surface area contributed by atoms with Crippen LogP contribution in [0.5, 0.6) is 11.5 Å². The maximum Gasteiger partial charge on any atom is 0.240 e. The molecule has 0 bridgehead atoms. The van der Waals surface area contributed by atoms with Crippen LogP contribution >= 0.6 is 11.3 Å². The second-order valence-corrected chi connectivity index (χ2v) is 7.21. The topological polar surface area (TPSA) is 83.5 Å². The Kier molecular flexibility index (Phi) is 6.19. The number of methoxy groups -OCH3 is 2. The molecule has 7 nitrogen and oxygen atoms in total. The first-order valence-corrected chi connectivity index (χ1v) is 9.52. The van der Waals surface area contributed by atoms with E-state index in [2.05, 4.69) is 21.3 Å². The molecule has 0 saturated heterocycles. The number of oxazole rings is 1. The summed E-state index contributed by atoms with van der Waals surface area (Å²) in [6.07, 6.45) is 0. The van der Waals surface area contributed by atoms with Crippen molar-refractivity contribution in [2.24, 2.45) is 0 Å². The van der Waals surface area contributed by atoms with Crippen molar-refractivity contribution in [2.75, 3.05) is 40.2 Å². The normalized spacial score (nSPS) is 11.9. The predicted molar refractivity (Wildman–Crippen MR) is 109 cm³/mol. The van der Waals surface area contributed by atoms with Crippen molar-refractivity contribution >= 4 is 17.2 Å². The highest BCUT2D eigenvalue weighted by Gasteiger charge is 2.20. The highest BCUT2D eigenvalue weighted by molar-refractivity contribution is 7.13. The first-order chi connectivity index (χ1) is 13.6. The lowest BCUT2D eigenvalue weighted by molar-refractivity contribution is 0.307. The summed E-state index contributed by atoms with van der Waals surface area (Å²) in [5.41, 5.74) is 1.29. The fraction of sp³-hybridized carbons (Fsp3) is 0.300. The lowest BCUT2D eigenvalue weighted by Gasteiger charge is -2.25. The average molecular weight is 398 g/mol. The minimum atomic E-state index is 0.0154. The van der Waals surface area contributed by atoms with Crippen molar-refractivity contribution in [3.63, 3.8) is 0 Å². The molecule has 0 fully saturated rings. The van der Waals surface area contributed by atoms with E-state index in [-0.39, 0.29) is 11.7 Å². The number of likely N-dealkylation sites (N-methyl/N-ethyl adjacent to an activating group) is 1. The Bertz CT molecular complexity index is 960. The van der Waals surface area contributed by atoms with Gasteiger partial charge in [0, 0.05) is 6.54 Å². The Hall–Kier alpha value is -3.02. The molecule has 2 heterocycles. The van der Waals surface area contributed by atoms with Crippen LogP contribution in [0, 0.1) is 11.3 Å². The van der Waals surface area contributed by atoms with Crippen molar-refractivity contribution in [1.82, 2.24) is 9.88 Å². The third kappa shape index (κ3) is 4.11. The second-order valence-electron chi connectivity index (χ2n) is 6.26. The molecule has 8 heteroatoms. The van der Waals surface area contributed by atoms with Crippen LogP contribution in [0.3, 0.4) is 0 Å². The minimum absolute atomic E-state index is 0.0154. The van der Waals surface area contributed by atoms with Crippen LogP contribution in [0.4, 0.5) is 5.88 Å². The van der Waals surface area contributed by atoms with E-state index in [9.17, 15) is 5.26 Å². The lowest BCUT2D eigenvalue weighted by Crippen LogP contribution is -2.27. The predicted octanol–water partition coefficient (Wildman–Crippen LogP) is 4.01. The van der Waals surface area contributed by atoms with Crippen molar-refractivity contribution in [1.29, 1.82) is 5.26 Å². The molecule has 3 aromatic rings. The van der Waals surface area contributed by atoms with E-state index >= 15 is 0 Å². The van der Waals surface area contributed by atoms with Crippen LogP contribution in [0.2, 0.25) is 0 Å². The summed E-state index contributed by atoms with van der Waals surface area (Å²) >= 11 is 1.51. The van der Waals surface area contributed by atoms with E-state index in [0.29, 0.717) is 29.8 Å². The Labute approximate surface area is 168 Å². The molecule has 0 amide bonds. The Balaban J connectivity index is 1.82. The SMILES string of the molecule is COc1ccc(C(CNc2oc(-c3cccs3)nc2C#N)N(C)C)cc1OC. The zero-order valence-corrected chi connectivity index (χ0v) is 17.0. The van der Waals surface area contributed by atoms with Crippen LogP contribution in [-0.4, -0.2) is 44.7 Å². The number of anilines is 1. The molecule has 0 spiro atoms. The molecule has 28 heavy (non-hydrogen) atoms. The van der Waals surface area contributed by atoms with Crippen molar-refractivity contribution < 1.29 is 13.9 Å². The van der Waals surface area contributed by atoms with Gasteiger partial charge < -0.3 is 24.1 Å². The van der Waals surface area contributed by atoms with Gasteiger partial charge in [-0.05, 0) is 43.2 Å². The van der Waals surface area contributed by atoms with E-state index in [0.717, 1.165) is 10.4 Å². The zero-order chi connectivity index (χ0) is 20.1. The van der Waals surface area contributed by atoms with Crippen molar-refractivity contribution in [3.8, 4) is 28.3 Å². The van der Waals surface area contributed by atoms with Crippen LogP contribution in [0.25, 0.3) is 10.8 Å². The monoisotopic (exact) mass is 398 g/mol. The van der Waals surface area contributed by atoms with Gasteiger partial charge in [0.15, 0.2) is 11.5 Å². The summed E-state index contributed by atoms with van der Waals surface area (Å²) in [6.45, 7) is 0.524. The molecule has 2 aromatic heterocycles. The number of rotatable bonds is 8. The number of thiophene rings is 1. The number of nitrogens with zero attached hydrogens (tertiary/aromatic N) is 3. The van der Waals surface area contributed by atoms with Crippen LogP contribution in [0.1, 0.15) is 17.3 Å². The van der Waals surface area contributed by atoms with E-state index < -0.39 is 0 Å². The third-order valence-corrected chi connectivity index (χ3v) is 5.19. The van der Waals surface area contributed by atoms with Crippen LogP contribution < -0.4 is 14.8 Å². The van der Waals surface area contributed by atoms with E-state index in [4.69, 9.17) is 13.9 Å². The first kappa shape index (κ1) is 19.7. The van der Waals surface area contributed by atoms with Gasteiger partial charge in [-0.1, -0.05) is 12.1 Å².